The van der Waals surface area contributed by atoms with Gasteiger partial charge >= 0.3 is 0 Å². The number of hydrogen-bond acceptors (Lipinski definition) is 6. The molecule has 0 aromatic carbocycles. The highest BCUT2D eigenvalue weighted by atomic mass is 32.1. The summed E-state index contributed by atoms with van der Waals surface area (Å²) in [4.78, 5) is 33.4. The SMILES string of the molecule is CC(c1ccco1)N(C)C(=O)Cn1cnc2scc(-c3cccs3)c2c1=O. The van der Waals surface area contributed by atoms with Gasteiger partial charge in [0.1, 0.15) is 17.1 Å². The number of hydrogen-bond donors (Lipinski definition) is 0. The number of rotatable bonds is 5. The molecule has 0 radical (unpaired) electrons. The van der Waals surface area contributed by atoms with Crippen molar-refractivity contribution in [3.05, 3.63) is 63.7 Å². The van der Waals surface area contributed by atoms with E-state index in [-0.39, 0.29) is 24.1 Å². The molecule has 0 spiro atoms. The molecule has 4 rings (SSSR count). The van der Waals surface area contributed by atoms with Crippen molar-refractivity contribution < 1.29 is 9.21 Å². The fourth-order valence-electron chi connectivity index (χ4n) is 2.89. The van der Waals surface area contributed by atoms with Gasteiger partial charge in [-0.25, -0.2) is 4.98 Å². The number of fused-ring (bicyclic) bond motifs is 1. The molecular formula is C19H17N3O3S2. The molecule has 1 unspecified atom stereocenters. The minimum Gasteiger partial charge on any atom is -0.467 e. The van der Waals surface area contributed by atoms with Crippen molar-refractivity contribution in [3.8, 4) is 10.4 Å². The van der Waals surface area contributed by atoms with Gasteiger partial charge in [0, 0.05) is 22.9 Å². The maximum absolute atomic E-state index is 13.0. The summed E-state index contributed by atoms with van der Waals surface area (Å²) in [5.74, 6) is 0.514. The van der Waals surface area contributed by atoms with Gasteiger partial charge in [0.05, 0.1) is 24.0 Å². The van der Waals surface area contributed by atoms with E-state index in [4.69, 9.17) is 4.42 Å². The number of amides is 1. The fourth-order valence-corrected chi connectivity index (χ4v) is 4.61. The van der Waals surface area contributed by atoms with E-state index >= 15 is 0 Å². The highest BCUT2D eigenvalue weighted by Gasteiger charge is 2.21. The number of carbonyl (C=O) groups excluding carboxylic acids is 1. The molecule has 8 heteroatoms. The second kappa shape index (κ2) is 7.13. The summed E-state index contributed by atoms with van der Waals surface area (Å²) < 4.78 is 6.75. The van der Waals surface area contributed by atoms with Crippen LogP contribution in [-0.2, 0) is 11.3 Å². The van der Waals surface area contributed by atoms with Crippen molar-refractivity contribution >= 4 is 38.8 Å². The highest BCUT2D eigenvalue weighted by molar-refractivity contribution is 7.18. The predicted octanol–water partition coefficient (Wildman–Crippen LogP) is 4.00. The fraction of sp³-hybridized carbons (Fsp3) is 0.211. The van der Waals surface area contributed by atoms with Crippen LogP contribution in [-0.4, -0.2) is 27.4 Å². The van der Waals surface area contributed by atoms with Crippen LogP contribution in [0, 0.1) is 0 Å². The Morgan fingerprint density at radius 1 is 1.33 bits per heavy atom. The molecule has 4 heterocycles. The van der Waals surface area contributed by atoms with Crippen LogP contribution in [0.1, 0.15) is 18.7 Å². The van der Waals surface area contributed by atoms with Gasteiger partial charge in [0.25, 0.3) is 5.56 Å². The normalized spacial score (nSPS) is 12.4. The first-order chi connectivity index (χ1) is 13.1. The van der Waals surface area contributed by atoms with Gasteiger partial charge in [-0.1, -0.05) is 6.07 Å². The number of carbonyl (C=O) groups is 1. The van der Waals surface area contributed by atoms with Crippen molar-refractivity contribution in [2.45, 2.75) is 19.5 Å². The van der Waals surface area contributed by atoms with Gasteiger partial charge in [0.15, 0.2) is 0 Å². The van der Waals surface area contributed by atoms with Crippen LogP contribution in [0.5, 0.6) is 0 Å². The molecule has 0 aliphatic heterocycles. The summed E-state index contributed by atoms with van der Waals surface area (Å²) in [6.07, 6.45) is 3.03. The van der Waals surface area contributed by atoms with Gasteiger partial charge in [0.2, 0.25) is 5.91 Å². The number of aromatic nitrogens is 2. The van der Waals surface area contributed by atoms with Gasteiger partial charge in [-0.3, -0.25) is 14.2 Å². The predicted molar refractivity (Wildman–Crippen MR) is 107 cm³/mol. The lowest BCUT2D eigenvalue weighted by Gasteiger charge is -2.23. The van der Waals surface area contributed by atoms with E-state index in [1.54, 1.807) is 35.6 Å². The van der Waals surface area contributed by atoms with Crippen LogP contribution < -0.4 is 5.56 Å². The second-order valence-corrected chi connectivity index (χ2v) is 7.99. The first-order valence-corrected chi connectivity index (χ1v) is 10.1. The maximum atomic E-state index is 13.0. The number of furan rings is 1. The van der Waals surface area contributed by atoms with Crippen LogP contribution in [0.25, 0.3) is 20.7 Å². The van der Waals surface area contributed by atoms with Crippen molar-refractivity contribution in [1.82, 2.24) is 14.5 Å². The molecule has 4 aromatic rings. The zero-order valence-electron chi connectivity index (χ0n) is 14.8. The number of likely N-dealkylation sites (N-methyl/N-ethyl adjacent to an activating group) is 1. The summed E-state index contributed by atoms with van der Waals surface area (Å²) >= 11 is 3.01. The molecule has 1 amide bonds. The van der Waals surface area contributed by atoms with Crippen molar-refractivity contribution in [2.75, 3.05) is 7.05 Å². The lowest BCUT2D eigenvalue weighted by Crippen LogP contribution is -2.35. The minimum absolute atomic E-state index is 0.0664. The average Bonchev–Trinajstić information content (AvgIpc) is 3.42. The van der Waals surface area contributed by atoms with Gasteiger partial charge in [-0.2, -0.15) is 0 Å². The molecule has 0 aliphatic carbocycles. The summed E-state index contributed by atoms with van der Waals surface area (Å²) in [5, 5.41) is 4.49. The van der Waals surface area contributed by atoms with E-state index in [0.29, 0.717) is 16.0 Å². The molecule has 1 atom stereocenters. The Morgan fingerprint density at radius 2 is 2.19 bits per heavy atom. The molecule has 0 fully saturated rings. The zero-order valence-corrected chi connectivity index (χ0v) is 16.4. The van der Waals surface area contributed by atoms with E-state index in [0.717, 1.165) is 10.4 Å². The van der Waals surface area contributed by atoms with Gasteiger partial charge < -0.3 is 9.32 Å². The Morgan fingerprint density at radius 3 is 2.89 bits per heavy atom. The smallest absolute Gasteiger partial charge is 0.263 e. The number of nitrogens with zero attached hydrogens (tertiary/aromatic N) is 3. The second-order valence-electron chi connectivity index (χ2n) is 6.18. The van der Waals surface area contributed by atoms with Crippen LogP contribution in [0.4, 0.5) is 0 Å². The molecule has 6 nitrogen and oxygen atoms in total. The maximum Gasteiger partial charge on any atom is 0.263 e. The lowest BCUT2D eigenvalue weighted by molar-refractivity contribution is -0.132. The summed E-state index contributed by atoms with van der Waals surface area (Å²) in [6.45, 7) is 1.82. The largest absolute Gasteiger partial charge is 0.467 e. The van der Waals surface area contributed by atoms with E-state index in [2.05, 4.69) is 4.98 Å². The molecule has 27 heavy (non-hydrogen) atoms. The molecule has 138 valence electrons. The monoisotopic (exact) mass is 399 g/mol. The summed E-state index contributed by atoms with van der Waals surface area (Å²) in [5.41, 5.74) is 0.679. The Bertz CT molecular complexity index is 1130. The quantitative estimate of drug-likeness (QED) is 0.509. The Kier molecular flexibility index (Phi) is 4.67. The standard InChI is InChI=1S/C19H17N3O3S2/c1-12(14-5-3-7-25-14)21(2)16(23)9-22-11-20-18-17(19(22)24)13(10-27-18)15-6-4-8-26-15/h3-8,10-12H,9H2,1-2H3. The van der Waals surface area contributed by atoms with Crippen LogP contribution >= 0.6 is 22.7 Å². The molecular weight excluding hydrogens is 382 g/mol. The zero-order chi connectivity index (χ0) is 19.0. The van der Waals surface area contributed by atoms with E-state index in [9.17, 15) is 9.59 Å². The molecule has 0 aliphatic rings. The van der Waals surface area contributed by atoms with Gasteiger partial charge in [-0.05, 0) is 30.5 Å². The Hall–Kier alpha value is -2.71. The summed E-state index contributed by atoms with van der Waals surface area (Å²) in [7, 11) is 1.70. The van der Waals surface area contributed by atoms with E-state index in [1.807, 2.05) is 35.9 Å². The van der Waals surface area contributed by atoms with Crippen LogP contribution in [0.2, 0.25) is 0 Å². The molecule has 0 saturated heterocycles. The van der Waals surface area contributed by atoms with E-state index in [1.165, 1.54) is 22.2 Å². The third-order valence-corrected chi connectivity index (χ3v) is 6.37. The van der Waals surface area contributed by atoms with Crippen molar-refractivity contribution in [1.29, 1.82) is 0 Å². The molecule has 0 bridgehead atoms. The first kappa shape index (κ1) is 17.7. The Labute approximate surface area is 163 Å². The lowest BCUT2D eigenvalue weighted by atomic mass is 10.2. The Balaban J connectivity index is 1.64. The average molecular weight is 399 g/mol. The molecule has 0 saturated carbocycles. The third kappa shape index (κ3) is 3.22. The molecule has 4 aromatic heterocycles. The third-order valence-electron chi connectivity index (χ3n) is 4.58. The van der Waals surface area contributed by atoms with Crippen molar-refractivity contribution in [3.63, 3.8) is 0 Å². The van der Waals surface area contributed by atoms with Crippen LogP contribution in [0.3, 0.4) is 0 Å². The summed E-state index contributed by atoms with van der Waals surface area (Å²) in [6, 6.07) is 7.32. The first-order valence-electron chi connectivity index (χ1n) is 8.36. The van der Waals surface area contributed by atoms with Gasteiger partial charge in [-0.15, -0.1) is 22.7 Å². The minimum atomic E-state index is -0.220. The van der Waals surface area contributed by atoms with Crippen molar-refractivity contribution in [2.24, 2.45) is 0 Å². The molecule has 0 N–H and O–H groups in total. The highest BCUT2D eigenvalue weighted by Crippen LogP contribution is 2.33. The van der Waals surface area contributed by atoms with Crippen LogP contribution in [0.15, 0.2) is 56.8 Å². The topological polar surface area (TPSA) is 68.3 Å². The number of thiophene rings is 2. The van der Waals surface area contributed by atoms with E-state index < -0.39 is 0 Å².